The van der Waals surface area contributed by atoms with Gasteiger partial charge in [0.2, 0.25) is 0 Å². The number of nitrogens with zero attached hydrogens (tertiary/aromatic N) is 2. The standard InChI is InChI=1S/C7H6N2OS/c1-5-4-11-7-6(5)9(10)3-2-8-7/h2-4H,1H3. The van der Waals surface area contributed by atoms with Gasteiger partial charge in [-0.25, -0.2) is 4.98 Å². The molecule has 0 aliphatic heterocycles. The van der Waals surface area contributed by atoms with Crippen molar-refractivity contribution in [2.45, 2.75) is 6.92 Å². The smallest absolute Gasteiger partial charge is 0.256 e. The Kier molecular flexibility index (Phi) is 1.29. The van der Waals surface area contributed by atoms with Gasteiger partial charge in [0.1, 0.15) is 0 Å². The van der Waals surface area contributed by atoms with Crippen molar-refractivity contribution in [1.29, 1.82) is 0 Å². The summed E-state index contributed by atoms with van der Waals surface area (Å²) in [5.74, 6) is 0. The van der Waals surface area contributed by atoms with Crippen molar-refractivity contribution in [2.75, 3.05) is 0 Å². The summed E-state index contributed by atoms with van der Waals surface area (Å²) in [5.41, 5.74) is 1.69. The minimum atomic E-state index is 0.692. The number of rotatable bonds is 0. The van der Waals surface area contributed by atoms with Crippen LogP contribution in [0.4, 0.5) is 0 Å². The molecule has 3 nitrogen and oxygen atoms in total. The van der Waals surface area contributed by atoms with Crippen LogP contribution in [0.3, 0.4) is 0 Å². The Hall–Kier alpha value is -1.16. The number of fused-ring (bicyclic) bond motifs is 1. The molecule has 0 spiro atoms. The Balaban J connectivity index is 2.96. The second-order valence-corrected chi connectivity index (χ2v) is 3.18. The fourth-order valence-corrected chi connectivity index (χ4v) is 1.90. The van der Waals surface area contributed by atoms with Crippen LogP contribution in [-0.4, -0.2) is 4.98 Å². The molecule has 2 aromatic rings. The normalized spacial score (nSPS) is 10.6. The van der Waals surface area contributed by atoms with Crippen molar-refractivity contribution in [3.05, 3.63) is 28.5 Å². The summed E-state index contributed by atoms with van der Waals surface area (Å²) in [7, 11) is 0. The van der Waals surface area contributed by atoms with E-state index in [4.69, 9.17) is 0 Å². The highest BCUT2D eigenvalue weighted by molar-refractivity contribution is 7.16. The minimum absolute atomic E-state index is 0.692. The third-order valence-electron chi connectivity index (χ3n) is 1.54. The van der Waals surface area contributed by atoms with E-state index in [9.17, 15) is 5.21 Å². The molecule has 11 heavy (non-hydrogen) atoms. The van der Waals surface area contributed by atoms with Crippen LogP contribution in [0, 0.1) is 12.1 Å². The van der Waals surface area contributed by atoms with Crippen molar-refractivity contribution in [3.63, 3.8) is 0 Å². The van der Waals surface area contributed by atoms with Crippen molar-refractivity contribution in [2.24, 2.45) is 0 Å². The van der Waals surface area contributed by atoms with Gasteiger partial charge in [0.05, 0.1) is 6.20 Å². The Morgan fingerprint density at radius 1 is 1.64 bits per heavy atom. The van der Waals surface area contributed by atoms with E-state index in [2.05, 4.69) is 4.98 Å². The third kappa shape index (κ3) is 0.867. The first-order valence-electron chi connectivity index (χ1n) is 3.21. The Morgan fingerprint density at radius 2 is 2.45 bits per heavy atom. The maximum atomic E-state index is 11.1. The van der Waals surface area contributed by atoms with Gasteiger partial charge < -0.3 is 5.21 Å². The summed E-state index contributed by atoms with van der Waals surface area (Å²) in [6.45, 7) is 1.91. The van der Waals surface area contributed by atoms with Gasteiger partial charge in [-0.2, -0.15) is 4.73 Å². The molecule has 0 saturated carbocycles. The van der Waals surface area contributed by atoms with Crippen LogP contribution in [0.2, 0.25) is 0 Å². The largest absolute Gasteiger partial charge is 0.618 e. The first-order chi connectivity index (χ1) is 5.29. The zero-order chi connectivity index (χ0) is 7.84. The molecule has 2 aromatic heterocycles. The third-order valence-corrected chi connectivity index (χ3v) is 2.53. The van der Waals surface area contributed by atoms with E-state index in [0.717, 1.165) is 15.1 Å². The first-order valence-corrected chi connectivity index (χ1v) is 4.09. The van der Waals surface area contributed by atoms with Gasteiger partial charge in [-0.15, -0.1) is 11.3 Å². The van der Waals surface area contributed by atoms with Crippen LogP contribution in [0.25, 0.3) is 10.3 Å². The van der Waals surface area contributed by atoms with Gasteiger partial charge in [0, 0.05) is 10.9 Å². The monoisotopic (exact) mass is 166 g/mol. The molecule has 0 fully saturated rings. The van der Waals surface area contributed by atoms with E-state index >= 15 is 0 Å². The van der Waals surface area contributed by atoms with E-state index in [-0.39, 0.29) is 0 Å². The maximum absolute atomic E-state index is 11.1. The summed E-state index contributed by atoms with van der Waals surface area (Å²) in [4.78, 5) is 4.87. The zero-order valence-corrected chi connectivity index (χ0v) is 6.76. The number of aromatic nitrogens is 2. The number of aryl methyl sites for hydroxylation is 1. The van der Waals surface area contributed by atoms with Crippen LogP contribution in [0.15, 0.2) is 17.8 Å². The molecular formula is C7H6N2OS. The van der Waals surface area contributed by atoms with Crippen LogP contribution in [-0.2, 0) is 0 Å². The quantitative estimate of drug-likeness (QED) is 0.436. The summed E-state index contributed by atoms with van der Waals surface area (Å²) < 4.78 is 0.855. The lowest BCUT2D eigenvalue weighted by Crippen LogP contribution is -2.26. The topological polar surface area (TPSA) is 39.8 Å². The molecule has 0 bridgehead atoms. The SMILES string of the molecule is Cc1csc2ncc[n+]([O-])c12. The van der Waals surface area contributed by atoms with Crippen molar-refractivity contribution in [1.82, 2.24) is 4.98 Å². The average molecular weight is 166 g/mol. The Bertz CT molecular complexity index is 396. The predicted molar refractivity (Wildman–Crippen MR) is 43.3 cm³/mol. The molecule has 2 rings (SSSR count). The molecule has 0 amide bonds. The van der Waals surface area contributed by atoms with Gasteiger partial charge in [-0.05, 0) is 6.92 Å². The second-order valence-electron chi connectivity index (χ2n) is 2.33. The molecule has 0 saturated heterocycles. The summed E-state index contributed by atoms with van der Waals surface area (Å²) in [6, 6.07) is 0. The molecular weight excluding hydrogens is 160 g/mol. The molecule has 0 N–H and O–H groups in total. The Labute approximate surface area is 67.5 Å². The number of hydrogen-bond donors (Lipinski definition) is 0. The van der Waals surface area contributed by atoms with Crippen molar-refractivity contribution < 1.29 is 4.73 Å². The van der Waals surface area contributed by atoms with E-state index in [0.29, 0.717) is 5.52 Å². The summed E-state index contributed by atoms with van der Waals surface area (Å²) in [5, 5.41) is 13.1. The highest BCUT2D eigenvalue weighted by atomic mass is 32.1. The predicted octanol–water partition coefficient (Wildman–Crippen LogP) is 1.24. The van der Waals surface area contributed by atoms with Gasteiger partial charge >= 0.3 is 0 Å². The van der Waals surface area contributed by atoms with Gasteiger partial charge in [0.25, 0.3) is 5.52 Å². The Morgan fingerprint density at radius 3 is 3.18 bits per heavy atom. The van der Waals surface area contributed by atoms with Gasteiger partial charge in [-0.3, -0.25) is 0 Å². The summed E-state index contributed by atoms with van der Waals surface area (Å²) in [6.07, 6.45) is 2.94. The van der Waals surface area contributed by atoms with Crippen LogP contribution < -0.4 is 4.73 Å². The van der Waals surface area contributed by atoms with Crippen LogP contribution in [0.5, 0.6) is 0 Å². The number of hydrogen-bond acceptors (Lipinski definition) is 3. The first kappa shape index (κ1) is 6.54. The van der Waals surface area contributed by atoms with Crippen LogP contribution in [0.1, 0.15) is 5.56 Å². The highest BCUT2D eigenvalue weighted by Crippen LogP contribution is 2.18. The van der Waals surface area contributed by atoms with Crippen LogP contribution >= 0.6 is 11.3 Å². The molecule has 0 unspecified atom stereocenters. The van der Waals surface area contributed by atoms with Gasteiger partial charge in [-0.1, -0.05) is 0 Å². The molecule has 0 atom stereocenters. The highest BCUT2D eigenvalue weighted by Gasteiger charge is 2.08. The lowest BCUT2D eigenvalue weighted by molar-refractivity contribution is -0.577. The van der Waals surface area contributed by atoms with E-state index in [1.807, 2.05) is 12.3 Å². The molecule has 4 heteroatoms. The molecule has 56 valence electrons. The number of thiophene rings is 1. The van der Waals surface area contributed by atoms with E-state index in [1.54, 1.807) is 0 Å². The maximum Gasteiger partial charge on any atom is 0.256 e. The second kappa shape index (κ2) is 2.17. The molecule has 0 radical (unpaired) electrons. The lowest BCUT2D eigenvalue weighted by Gasteiger charge is -1.95. The molecule has 0 aromatic carbocycles. The minimum Gasteiger partial charge on any atom is -0.618 e. The van der Waals surface area contributed by atoms with Crippen molar-refractivity contribution >= 4 is 21.7 Å². The fraction of sp³-hybridized carbons (Fsp3) is 0.143. The zero-order valence-electron chi connectivity index (χ0n) is 5.94. The molecule has 2 heterocycles. The van der Waals surface area contributed by atoms with E-state index < -0.39 is 0 Å². The van der Waals surface area contributed by atoms with Crippen molar-refractivity contribution in [3.8, 4) is 0 Å². The van der Waals surface area contributed by atoms with Gasteiger partial charge in [0.15, 0.2) is 11.0 Å². The van der Waals surface area contributed by atoms with E-state index in [1.165, 1.54) is 23.7 Å². The average Bonchev–Trinajstić information content (AvgIpc) is 2.34. The molecule has 0 aliphatic rings. The summed E-state index contributed by atoms with van der Waals surface area (Å²) >= 11 is 1.50. The fourth-order valence-electron chi connectivity index (χ4n) is 1.02. The lowest BCUT2D eigenvalue weighted by atomic mass is 10.3. The molecule has 0 aliphatic carbocycles.